The van der Waals surface area contributed by atoms with Crippen molar-refractivity contribution in [3.8, 4) is 0 Å². The van der Waals surface area contributed by atoms with E-state index >= 15 is 0 Å². The summed E-state index contributed by atoms with van der Waals surface area (Å²) >= 11 is 0. The number of aliphatic hydroxyl groups is 1. The van der Waals surface area contributed by atoms with E-state index in [0.29, 0.717) is 0 Å². The van der Waals surface area contributed by atoms with Crippen LogP contribution in [0, 0.1) is 5.92 Å². The van der Waals surface area contributed by atoms with E-state index in [2.05, 4.69) is 23.1 Å². The summed E-state index contributed by atoms with van der Waals surface area (Å²) in [6.07, 6.45) is 4.31. The maximum absolute atomic E-state index is 9.15. The Morgan fingerprint density at radius 1 is 1.26 bits per heavy atom. The van der Waals surface area contributed by atoms with Gasteiger partial charge in [0.25, 0.3) is 0 Å². The summed E-state index contributed by atoms with van der Waals surface area (Å²) in [6, 6.07) is 6.53. The molecule has 0 bridgehead atoms. The van der Waals surface area contributed by atoms with E-state index in [1.54, 1.807) is 0 Å². The highest BCUT2D eigenvalue weighted by atomic mass is 16.5. The van der Waals surface area contributed by atoms with Gasteiger partial charge in [0, 0.05) is 38.6 Å². The number of benzene rings is 1. The molecule has 1 aromatic rings. The largest absolute Gasteiger partial charge is 0.396 e. The summed E-state index contributed by atoms with van der Waals surface area (Å²) in [4.78, 5) is 2.53. The van der Waals surface area contributed by atoms with Gasteiger partial charge in [-0.25, -0.2) is 0 Å². The van der Waals surface area contributed by atoms with Crippen molar-refractivity contribution in [2.75, 3.05) is 37.8 Å². The van der Waals surface area contributed by atoms with E-state index in [4.69, 9.17) is 9.84 Å². The Morgan fingerprint density at radius 2 is 2.11 bits per heavy atom. The summed E-state index contributed by atoms with van der Waals surface area (Å²) < 4.78 is 5.44. The van der Waals surface area contributed by atoms with Crippen molar-refractivity contribution >= 4 is 5.69 Å². The molecule has 0 atom stereocenters. The molecule has 0 unspecified atom stereocenters. The second-order valence-corrected chi connectivity index (χ2v) is 5.64. The maximum Gasteiger partial charge on any atom is 0.0471 e. The predicted molar refractivity (Wildman–Crippen MR) is 76.7 cm³/mol. The van der Waals surface area contributed by atoms with E-state index in [1.165, 1.54) is 36.2 Å². The van der Waals surface area contributed by atoms with Crippen molar-refractivity contribution in [1.29, 1.82) is 0 Å². The molecule has 0 spiro atoms. The van der Waals surface area contributed by atoms with Gasteiger partial charge in [-0.3, -0.25) is 0 Å². The summed E-state index contributed by atoms with van der Waals surface area (Å²) in [7, 11) is 0. The standard InChI is InChI=1S/C16H23NO2/c18-9-5-14-2-1-3-16-15(14)4-8-17(16)12-13-6-10-19-11-7-13/h1-3,13,18H,4-12H2. The van der Waals surface area contributed by atoms with Crippen molar-refractivity contribution in [2.45, 2.75) is 25.7 Å². The summed E-state index contributed by atoms with van der Waals surface area (Å²) in [5.74, 6) is 0.779. The lowest BCUT2D eigenvalue weighted by Crippen LogP contribution is -2.31. The minimum Gasteiger partial charge on any atom is -0.396 e. The molecule has 3 rings (SSSR count). The molecule has 3 nitrogen and oxygen atoms in total. The molecule has 3 heteroatoms. The predicted octanol–water partition coefficient (Wildman–Crippen LogP) is 2.01. The van der Waals surface area contributed by atoms with Crippen LogP contribution in [0.1, 0.15) is 24.0 Å². The number of ether oxygens (including phenoxy) is 1. The van der Waals surface area contributed by atoms with Gasteiger partial charge in [0.15, 0.2) is 0 Å². The van der Waals surface area contributed by atoms with E-state index in [0.717, 1.165) is 38.5 Å². The lowest BCUT2D eigenvalue weighted by Gasteiger charge is -2.28. The molecule has 2 aliphatic heterocycles. The molecule has 104 valence electrons. The van der Waals surface area contributed by atoms with Crippen LogP contribution < -0.4 is 4.90 Å². The van der Waals surface area contributed by atoms with Crippen LogP contribution in [0.4, 0.5) is 5.69 Å². The third-order valence-electron chi connectivity index (χ3n) is 4.42. The first-order chi connectivity index (χ1) is 9.38. The van der Waals surface area contributed by atoms with E-state index in [9.17, 15) is 0 Å². The number of nitrogens with zero attached hydrogens (tertiary/aromatic N) is 1. The molecule has 2 heterocycles. The van der Waals surface area contributed by atoms with Crippen LogP contribution in [0.2, 0.25) is 0 Å². The molecular weight excluding hydrogens is 238 g/mol. The van der Waals surface area contributed by atoms with Gasteiger partial charge in [-0.1, -0.05) is 12.1 Å². The van der Waals surface area contributed by atoms with E-state index in [1.807, 2.05) is 0 Å². The Hall–Kier alpha value is -1.06. The van der Waals surface area contributed by atoms with Crippen molar-refractivity contribution in [3.63, 3.8) is 0 Å². The van der Waals surface area contributed by atoms with Gasteiger partial charge in [-0.2, -0.15) is 0 Å². The van der Waals surface area contributed by atoms with Gasteiger partial charge in [0.2, 0.25) is 0 Å². The zero-order valence-corrected chi connectivity index (χ0v) is 11.5. The second-order valence-electron chi connectivity index (χ2n) is 5.64. The normalized spacial score (nSPS) is 19.7. The molecule has 0 aromatic heterocycles. The van der Waals surface area contributed by atoms with Crippen LogP contribution in [0.25, 0.3) is 0 Å². The van der Waals surface area contributed by atoms with Gasteiger partial charge in [0.05, 0.1) is 0 Å². The fourth-order valence-corrected chi connectivity index (χ4v) is 3.36. The van der Waals surface area contributed by atoms with Crippen LogP contribution in [0.15, 0.2) is 18.2 Å². The van der Waals surface area contributed by atoms with Crippen LogP contribution in [0.5, 0.6) is 0 Å². The second kappa shape index (κ2) is 5.93. The Bertz CT molecular complexity index is 427. The number of rotatable bonds is 4. The third-order valence-corrected chi connectivity index (χ3v) is 4.42. The monoisotopic (exact) mass is 261 g/mol. The van der Waals surface area contributed by atoms with Gasteiger partial charge in [0.1, 0.15) is 0 Å². The molecule has 2 aliphatic rings. The fourth-order valence-electron chi connectivity index (χ4n) is 3.36. The number of aliphatic hydroxyl groups excluding tert-OH is 1. The summed E-state index contributed by atoms with van der Waals surface area (Å²) in [5.41, 5.74) is 4.19. The first-order valence-corrected chi connectivity index (χ1v) is 7.43. The number of hydrogen-bond donors (Lipinski definition) is 1. The SMILES string of the molecule is OCCc1cccc2c1CCN2CC1CCOCC1. The molecule has 19 heavy (non-hydrogen) atoms. The van der Waals surface area contributed by atoms with Gasteiger partial charge in [-0.05, 0) is 48.8 Å². The Kier molecular flexibility index (Phi) is 4.04. The van der Waals surface area contributed by atoms with Crippen molar-refractivity contribution < 1.29 is 9.84 Å². The number of anilines is 1. The van der Waals surface area contributed by atoms with Gasteiger partial charge in [-0.15, -0.1) is 0 Å². The molecule has 1 saturated heterocycles. The molecule has 0 radical (unpaired) electrons. The molecular formula is C16H23NO2. The zero-order chi connectivity index (χ0) is 13.1. The van der Waals surface area contributed by atoms with Gasteiger partial charge >= 0.3 is 0 Å². The van der Waals surface area contributed by atoms with Crippen molar-refractivity contribution in [2.24, 2.45) is 5.92 Å². The highest BCUT2D eigenvalue weighted by molar-refractivity contribution is 5.61. The highest BCUT2D eigenvalue weighted by Gasteiger charge is 2.24. The summed E-state index contributed by atoms with van der Waals surface area (Å²) in [5, 5.41) is 9.15. The molecule has 0 aliphatic carbocycles. The summed E-state index contributed by atoms with van der Waals surface area (Å²) in [6.45, 7) is 4.40. The fraction of sp³-hybridized carbons (Fsp3) is 0.625. The molecule has 1 N–H and O–H groups in total. The number of fused-ring (bicyclic) bond motifs is 1. The van der Waals surface area contributed by atoms with Crippen LogP contribution in [-0.2, 0) is 17.6 Å². The topological polar surface area (TPSA) is 32.7 Å². The third kappa shape index (κ3) is 2.77. The minimum atomic E-state index is 0.246. The average Bonchev–Trinajstić information content (AvgIpc) is 2.85. The van der Waals surface area contributed by atoms with Gasteiger partial charge < -0.3 is 14.7 Å². The Labute approximate surface area is 115 Å². The molecule has 1 aromatic carbocycles. The lowest BCUT2D eigenvalue weighted by atomic mass is 9.99. The minimum absolute atomic E-state index is 0.246. The quantitative estimate of drug-likeness (QED) is 0.900. The Morgan fingerprint density at radius 3 is 2.89 bits per heavy atom. The first-order valence-electron chi connectivity index (χ1n) is 7.43. The average molecular weight is 261 g/mol. The molecule has 0 amide bonds. The molecule has 0 saturated carbocycles. The Balaban J connectivity index is 1.72. The van der Waals surface area contributed by atoms with Crippen LogP contribution >= 0.6 is 0 Å². The van der Waals surface area contributed by atoms with E-state index < -0.39 is 0 Å². The lowest BCUT2D eigenvalue weighted by molar-refractivity contribution is 0.0683. The smallest absolute Gasteiger partial charge is 0.0471 e. The maximum atomic E-state index is 9.15. The molecule has 1 fully saturated rings. The van der Waals surface area contributed by atoms with E-state index in [-0.39, 0.29) is 6.61 Å². The van der Waals surface area contributed by atoms with Crippen molar-refractivity contribution in [3.05, 3.63) is 29.3 Å². The first kappa shape index (κ1) is 12.9. The van der Waals surface area contributed by atoms with Crippen LogP contribution in [-0.4, -0.2) is 38.0 Å². The zero-order valence-electron chi connectivity index (χ0n) is 11.5. The number of hydrogen-bond acceptors (Lipinski definition) is 3. The van der Waals surface area contributed by atoms with Crippen LogP contribution in [0.3, 0.4) is 0 Å². The van der Waals surface area contributed by atoms with Crippen molar-refractivity contribution in [1.82, 2.24) is 0 Å². The highest BCUT2D eigenvalue weighted by Crippen LogP contribution is 2.32.